The average Bonchev–Trinajstić information content (AvgIpc) is 3.10. The molecule has 1 aromatic carbocycles. The highest BCUT2D eigenvalue weighted by Gasteiger charge is 2.24. The summed E-state index contributed by atoms with van der Waals surface area (Å²) in [5, 5.41) is 1.09. The SMILES string of the molecule is CS(=O)(=O)c1ccc(C(CC2CCOCC2)c2cc3cccnc3[nH]2)cc1. The molecule has 0 spiro atoms. The van der Waals surface area contributed by atoms with Crippen molar-refractivity contribution in [3.05, 3.63) is 59.9 Å². The summed E-state index contributed by atoms with van der Waals surface area (Å²) in [5.74, 6) is 0.772. The van der Waals surface area contributed by atoms with Crippen molar-refractivity contribution in [1.82, 2.24) is 9.97 Å². The fourth-order valence-corrected chi connectivity index (χ4v) is 4.50. The molecule has 1 aliphatic rings. The molecule has 6 heteroatoms. The smallest absolute Gasteiger partial charge is 0.175 e. The summed E-state index contributed by atoms with van der Waals surface area (Å²) in [4.78, 5) is 8.24. The third-order valence-electron chi connectivity index (χ3n) is 5.41. The Morgan fingerprint density at radius 3 is 2.59 bits per heavy atom. The van der Waals surface area contributed by atoms with Crippen molar-refractivity contribution < 1.29 is 13.2 Å². The standard InChI is InChI=1S/C21H24N2O3S/c1-27(24,25)18-6-4-16(5-7-18)19(13-15-8-11-26-12-9-15)20-14-17-3-2-10-22-21(17)23-20/h2-7,10,14-15,19H,8-9,11-13H2,1H3,(H,22,23). The topological polar surface area (TPSA) is 72.1 Å². The van der Waals surface area contributed by atoms with Gasteiger partial charge in [-0.3, -0.25) is 0 Å². The third kappa shape index (κ3) is 4.06. The van der Waals surface area contributed by atoms with Gasteiger partial charge in [-0.15, -0.1) is 0 Å². The molecule has 1 saturated heterocycles. The van der Waals surface area contributed by atoms with Gasteiger partial charge in [0, 0.05) is 42.7 Å². The van der Waals surface area contributed by atoms with Gasteiger partial charge in [-0.05, 0) is 61.1 Å². The first kappa shape index (κ1) is 18.2. The molecule has 0 bridgehead atoms. The van der Waals surface area contributed by atoms with Gasteiger partial charge in [0.2, 0.25) is 0 Å². The minimum atomic E-state index is -3.19. The monoisotopic (exact) mass is 384 g/mol. The summed E-state index contributed by atoms with van der Waals surface area (Å²) < 4.78 is 29.1. The van der Waals surface area contributed by atoms with E-state index >= 15 is 0 Å². The van der Waals surface area contributed by atoms with E-state index in [1.54, 1.807) is 18.3 Å². The highest BCUT2D eigenvalue weighted by molar-refractivity contribution is 7.90. The summed E-state index contributed by atoms with van der Waals surface area (Å²) in [5.41, 5.74) is 3.14. The molecule has 1 unspecified atom stereocenters. The average molecular weight is 385 g/mol. The van der Waals surface area contributed by atoms with Crippen molar-refractivity contribution in [2.45, 2.75) is 30.1 Å². The van der Waals surface area contributed by atoms with E-state index < -0.39 is 9.84 Å². The quantitative estimate of drug-likeness (QED) is 0.724. The Hall–Kier alpha value is -2.18. The summed E-state index contributed by atoms with van der Waals surface area (Å²) in [6.07, 6.45) is 6.17. The lowest BCUT2D eigenvalue weighted by Gasteiger charge is -2.26. The lowest BCUT2D eigenvalue weighted by atomic mass is 9.83. The Balaban J connectivity index is 1.70. The first-order chi connectivity index (χ1) is 13.0. The largest absolute Gasteiger partial charge is 0.381 e. The van der Waals surface area contributed by atoms with E-state index in [9.17, 15) is 8.42 Å². The van der Waals surface area contributed by atoms with Crippen molar-refractivity contribution in [3.8, 4) is 0 Å². The van der Waals surface area contributed by atoms with E-state index in [1.165, 1.54) is 6.26 Å². The van der Waals surface area contributed by atoms with E-state index in [-0.39, 0.29) is 5.92 Å². The van der Waals surface area contributed by atoms with Crippen LogP contribution < -0.4 is 0 Å². The maximum Gasteiger partial charge on any atom is 0.175 e. The van der Waals surface area contributed by atoms with Crippen LogP contribution in [0.3, 0.4) is 0 Å². The highest BCUT2D eigenvalue weighted by Crippen LogP contribution is 2.35. The zero-order valence-electron chi connectivity index (χ0n) is 15.4. The molecular formula is C21H24N2O3S. The molecule has 27 heavy (non-hydrogen) atoms. The Bertz CT molecular complexity index is 986. The number of benzene rings is 1. The van der Waals surface area contributed by atoms with E-state index in [2.05, 4.69) is 22.1 Å². The van der Waals surface area contributed by atoms with Gasteiger partial charge in [-0.25, -0.2) is 13.4 Å². The molecule has 5 nitrogen and oxygen atoms in total. The van der Waals surface area contributed by atoms with Crippen molar-refractivity contribution in [2.75, 3.05) is 19.5 Å². The molecule has 0 amide bonds. The molecule has 1 aliphatic heterocycles. The molecule has 0 aliphatic carbocycles. The number of hydrogen-bond acceptors (Lipinski definition) is 4. The van der Waals surface area contributed by atoms with Gasteiger partial charge in [-0.2, -0.15) is 0 Å². The van der Waals surface area contributed by atoms with Gasteiger partial charge in [0.25, 0.3) is 0 Å². The van der Waals surface area contributed by atoms with E-state index in [0.29, 0.717) is 10.8 Å². The minimum Gasteiger partial charge on any atom is -0.381 e. The molecule has 2 aromatic heterocycles. The summed E-state index contributed by atoms with van der Waals surface area (Å²) in [6, 6.07) is 13.5. The van der Waals surface area contributed by atoms with Crippen LogP contribution in [0.2, 0.25) is 0 Å². The second-order valence-electron chi connectivity index (χ2n) is 7.35. The van der Waals surface area contributed by atoms with Gasteiger partial charge < -0.3 is 9.72 Å². The second-order valence-corrected chi connectivity index (χ2v) is 9.37. The van der Waals surface area contributed by atoms with Gasteiger partial charge in [0.1, 0.15) is 5.65 Å². The number of aromatic nitrogens is 2. The number of nitrogens with one attached hydrogen (secondary N) is 1. The molecule has 1 atom stereocenters. The predicted octanol–water partition coefficient (Wildman–Crippen LogP) is 3.92. The number of H-pyrrole nitrogens is 1. The number of hydrogen-bond donors (Lipinski definition) is 1. The predicted molar refractivity (Wildman–Crippen MR) is 106 cm³/mol. The van der Waals surface area contributed by atoms with Gasteiger partial charge in [-0.1, -0.05) is 12.1 Å². The molecule has 3 heterocycles. The first-order valence-electron chi connectivity index (χ1n) is 9.32. The molecule has 142 valence electrons. The number of sulfone groups is 1. The van der Waals surface area contributed by atoms with E-state index in [4.69, 9.17) is 4.74 Å². The Morgan fingerprint density at radius 2 is 1.93 bits per heavy atom. The van der Waals surface area contributed by atoms with Crippen LogP contribution in [0.4, 0.5) is 0 Å². The molecular weight excluding hydrogens is 360 g/mol. The van der Waals surface area contributed by atoms with Gasteiger partial charge in [0.05, 0.1) is 4.90 Å². The summed E-state index contributed by atoms with van der Waals surface area (Å²) in [6.45, 7) is 1.64. The third-order valence-corrected chi connectivity index (χ3v) is 6.54. The van der Waals surface area contributed by atoms with Crippen LogP contribution in [-0.2, 0) is 14.6 Å². The molecule has 4 rings (SSSR count). The van der Waals surface area contributed by atoms with Gasteiger partial charge >= 0.3 is 0 Å². The fourth-order valence-electron chi connectivity index (χ4n) is 3.87. The maximum atomic E-state index is 11.8. The second kappa shape index (κ2) is 7.44. The fraction of sp³-hybridized carbons (Fsp3) is 0.381. The number of nitrogens with zero attached hydrogens (tertiary/aromatic N) is 1. The van der Waals surface area contributed by atoms with Crippen LogP contribution in [0, 0.1) is 5.92 Å². The Kier molecular flexibility index (Phi) is 5.02. The zero-order chi connectivity index (χ0) is 18.9. The number of aromatic amines is 1. The summed E-state index contributed by atoms with van der Waals surface area (Å²) in [7, 11) is -3.19. The molecule has 0 saturated carbocycles. The Morgan fingerprint density at radius 1 is 1.19 bits per heavy atom. The van der Waals surface area contributed by atoms with Crippen LogP contribution in [0.15, 0.2) is 53.6 Å². The first-order valence-corrected chi connectivity index (χ1v) is 11.2. The number of fused-ring (bicyclic) bond motifs is 1. The lowest BCUT2D eigenvalue weighted by molar-refractivity contribution is 0.0626. The Labute approximate surface area is 159 Å². The van der Waals surface area contributed by atoms with Crippen LogP contribution in [-0.4, -0.2) is 37.9 Å². The number of ether oxygens (including phenoxy) is 1. The van der Waals surface area contributed by atoms with Crippen molar-refractivity contribution in [3.63, 3.8) is 0 Å². The maximum absolute atomic E-state index is 11.8. The molecule has 1 fully saturated rings. The van der Waals surface area contributed by atoms with Crippen molar-refractivity contribution >= 4 is 20.9 Å². The van der Waals surface area contributed by atoms with Crippen molar-refractivity contribution in [2.24, 2.45) is 5.92 Å². The van der Waals surface area contributed by atoms with Crippen LogP contribution in [0.25, 0.3) is 11.0 Å². The number of pyridine rings is 1. The van der Waals surface area contributed by atoms with Crippen molar-refractivity contribution in [1.29, 1.82) is 0 Å². The minimum absolute atomic E-state index is 0.177. The molecule has 3 aromatic rings. The molecule has 1 N–H and O–H groups in total. The van der Waals surface area contributed by atoms with E-state index in [0.717, 1.165) is 54.8 Å². The number of rotatable bonds is 5. The lowest BCUT2D eigenvalue weighted by Crippen LogP contribution is -2.18. The summed E-state index contributed by atoms with van der Waals surface area (Å²) >= 11 is 0. The highest BCUT2D eigenvalue weighted by atomic mass is 32.2. The zero-order valence-corrected chi connectivity index (χ0v) is 16.2. The van der Waals surface area contributed by atoms with Crippen LogP contribution >= 0.6 is 0 Å². The van der Waals surface area contributed by atoms with E-state index in [1.807, 2.05) is 18.2 Å². The normalized spacial score (nSPS) is 17.2. The van der Waals surface area contributed by atoms with Crippen LogP contribution in [0.5, 0.6) is 0 Å². The molecule has 0 radical (unpaired) electrons. The van der Waals surface area contributed by atoms with Gasteiger partial charge in [0.15, 0.2) is 9.84 Å². The van der Waals surface area contributed by atoms with Crippen LogP contribution in [0.1, 0.15) is 36.4 Å².